The van der Waals surface area contributed by atoms with Crippen LogP contribution in [0.3, 0.4) is 0 Å². The van der Waals surface area contributed by atoms with Gasteiger partial charge in [0, 0.05) is 7.05 Å². The van der Waals surface area contributed by atoms with E-state index in [4.69, 9.17) is 13.1 Å². The van der Waals surface area contributed by atoms with Gasteiger partial charge in [-0.1, -0.05) is 0 Å². The summed E-state index contributed by atoms with van der Waals surface area (Å²) in [6, 6.07) is 0. The Labute approximate surface area is 142 Å². The predicted octanol–water partition coefficient (Wildman–Crippen LogP) is 0.229. The van der Waals surface area contributed by atoms with Crippen LogP contribution in [0.4, 0.5) is 26.3 Å². The van der Waals surface area contributed by atoms with Gasteiger partial charge in [0.2, 0.25) is 0 Å². The third-order valence-electron chi connectivity index (χ3n) is 2.48. The van der Waals surface area contributed by atoms with Crippen molar-refractivity contribution in [3.63, 3.8) is 0 Å². The molecule has 0 N–H and O–H groups in total. The highest BCUT2D eigenvalue weighted by Gasteiger charge is 2.83. The fourth-order valence-electron chi connectivity index (χ4n) is 1.04. The van der Waals surface area contributed by atoms with Gasteiger partial charge in [-0.2, -0.15) is 26.3 Å². The summed E-state index contributed by atoms with van der Waals surface area (Å²) in [7, 11) is -21.4. The van der Waals surface area contributed by atoms with Crippen LogP contribution in [0.5, 0.6) is 0 Å². The number of halogens is 6. The second kappa shape index (κ2) is 6.42. The Kier molecular flexibility index (Phi) is 5.98. The molecule has 0 spiro atoms. The van der Waals surface area contributed by atoms with E-state index >= 15 is 0 Å². The third kappa shape index (κ3) is 3.16. The first-order valence-electron chi connectivity index (χ1n) is 5.12. The monoisotopic (exact) mass is 451 g/mol. The molecule has 0 saturated heterocycles. The first-order valence-corrected chi connectivity index (χ1v) is 9.41. The van der Waals surface area contributed by atoms with E-state index in [1.165, 1.54) is 0 Å². The van der Waals surface area contributed by atoms with E-state index in [1.807, 2.05) is 0 Å². The molecule has 0 aliphatic carbocycles. The zero-order valence-electron chi connectivity index (χ0n) is 11.7. The molecule has 0 saturated carbocycles. The number of sulfonamides is 1. The molecule has 0 aromatic rings. The van der Waals surface area contributed by atoms with Crippen molar-refractivity contribution < 1.29 is 56.1 Å². The van der Waals surface area contributed by atoms with E-state index in [1.54, 1.807) is 9.69 Å². The van der Waals surface area contributed by atoms with Crippen molar-refractivity contribution in [2.24, 2.45) is 0 Å². The van der Waals surface area contributed by atoms with Crippen molar-refractivity contribution in [3.8, 4) is 0 Å². The summed E-state index contributed by atoms with van der Waals surface area (Å²) >= 11 is 0. The van der Waals surface area contributed by atoms with Crippen molar-refractivity contribution in [2.45, 2.75) is 16.4 Å². The topological polar surface area (TPSA) is 137 Å². The highest BCUT2D eigenvalue weighted by Crippen LogP contribution is 2.53. The number of hydrogen-bond donors (Lipinski definition) is 0. The Balaban J connectivity index is 6.76. The van der Waals surface area contributed by atoms with Crippen molar-refractivity contribution in [3.05, 3.63) is 28.3 Å². The SMILES string of the molecule is [C-]#[N+][C-]([N+]#[C-])S(=O)(=O)C(F)(F)C(F)(F)C(F)(F)S(=O)(=O)N(C)S(=O)(=O)[O-]. The standard InChI is InChI=1S/C7H4F6N3O7S3/c1-14-4(15-2)24(17,18)6(10,11)5(8,9)7(12,13)25(19,20)16(3)26(21,22)23/h3H3,(H,21,22,23)/q-1/p-1. The van der Waals surface area contributed by atoms with E-state index in [9.17, 15) is 56.1 Å². The highest BCUT2D eigenvalue weighted by atomic mass is 32.3. The average Bonchev–Trinajstić information content (AvgIpc) is 2.45. The predicted molar refractivity (Wildman–Crippen MR) is 66.6 cm³/mol. The molecule has 26 heavy (non-hydrogen) atoms. The second-order valence-electron chi connectivity index (χ2n) is 3.96. The van der Waals surface area contributed by atoms with Crippen LogP contribution < -0.4 is 0 Å². The lowest BCUT2D eigenvalue weighted by Crippen LogP contribution is -2.63. The summed E-state index contributed by atoms with van der Waals surface area (Å²) in [4.78, 5) is 3.27. The summed E-state index contributed by atoms with van der Waals surface area (Å²) < 4.78 is 155. The quantitative estimate of drug-likeness (QED) is 0.307. The van der Waals surface area contributed by atoms with Gasteiger partial charge in [0.1, 0.15) is 0 Å². The van der Waals surface area contributed by atoms with Gasteiger partial charge in [-0.3, -0.25) is 13.1 Å². The smallest absolute Gasteiger partial charge is 0.431 e. The molecule has 0 atom stereocenters. The van der Waals surface area contributed by atoms with Crippen LogP contribution in [0.2, 0.25) is 0 Å². The van der Waals surface area contributed by atoms with Gasteiger partial charge in [-0.25, -0.2) is 25.3 Å². The maximum Gasteiger partial charge on any atom is 0.431 e. The molecule has 0 amide bonds. The number of hydrogen-bond acceptors (Lipinski definition) is 7. The number of rotatable bonds is 7. The summed E-state index contributed by atoms with van der Waals surface area (Å²) in [5.74, 6) is -7.41. The highest BCUT2D eigenvalue weighted by molar-refractivity contribution is 8.02. The lowest BCUT2D eigenvalue weighted by atomic mass is 10.3. The first kappa shape index (κ1) is 24.2. The fourth-order valence-corrected chi connectivity index (χ4v) is 4.06. The van der Waals surface area contributed by atoms with Crippen LogP contribution in [0.15, 0.2) is 0 Å². The van der Waals surface area contributed by atoms with Gasteiger partial charge in [0.15, 0.2) is 10.3 Å². The first-order chi connectivity index (χ1) is 11.2. The van der Waals surface area contributed by atoms with Crippen LogP contribution in [0, 0.1) is 18.6 Å². The Morgan fingerprint density at radius 3 is 1.50 bits per heavy atom. The van der Waals surface area contributed by atoms with Crippen molar-refractivity contribution >= 4 is 30.2 Å². The maximum absolute atomic E-state index is 13.6. The molecular weight excluding hydrogens is 448 g/mol. The second-order valence-corrected chi connectivity index (χ2v) is 9.49. The molecule has 0 rings (SSSR count). The molecule has 10 nitrogen and oxygen atoms in total. The van der Waals surface area contributed by atoms with Crippen LogP contribution in [-0.2, 0) is 30.2 Å². The lowest BCUT2D eigenvalue weighted by molar-refractivity contribution is -0.244. The van der Waals surface area contributed by atoms with Gasteiger partial charge in [0.25, 0.3) is 19.9 Å². The molecule has 150 valence electrons. The van der Waals surface area contributed by atoms with Gasteiger partial charge >= 0.3 is 21.9 Å². The number of alkyl halides is 6. The van der Waals surface area contributed by atoms with Gasteiger partial charge < -0.3 is 14.2 Å². The molecule has 0 bridgehead atoms. The molecule has 0 unspecified atom stereocenters. The largest absolute Gasteiger partial charge is 0.735 e. The molecular formula is C7H3F6N3O7S3-2. The molecule has 0 aliphatic heterocycles. The van der Waals surface area contributed by atoms with E-state index in [0.29, 0.717) is 0 Å². The summed E-state index contributed by atoms with van der Waals surface area (Å²) in [5.41, 5.74) is -2.69. The van der Waals surface area contributed by atoms with Crippen LogP contribution in [-0.4, -0.2) is 57.0 Å². The Morgan fingerprint density at radius 2 is 1.23 bits per heavy atom. The molecule has 0 aliphatic rings. The zero-order chi connectivity index (χ0) is 21.6. The zero-order valence-corrected chi connectivity index (χ0v) is 14.1. The molecule has 19 heteroatoms. The van der Waals surface area contributed by atoms with Crippen molar-refractivity contribution in [1.82, 2.24) is 3.71 Å². The van der Waals surface area contributed by atoms with Crippen LogP contribution >= 0.6 is 0 Å². The van der Waals surface area contributed by atoms with E-state index < -0.39 is 62.9 Å². The molecule has 0 aromatic heterocycles. The maximum atomic E-state index is 13.6. The van der Waals surface area contributed by atoms with Gasteiger partial charge in [-0.05, 0) is 0 Å². The van der Waals surface area contributed by atoms with Crippen molar-refractivity contribution in [2.75, 3.05) is 7.05 Å². The summed E-state index contributed by atoms with van der Waals surface area (Å²) in [5, 5.41) is -14.2. The minimum atomic E-state index is -7.41. The minimum Gasteiger partial charge on any atom is -0.735 e. The summed E-state index contributed by atoms with van der Waals surface area (Å²) in [6.07, 6.45) is 0. The van der Waals surface area contributed by atoms with Crippen molar-refractivity contribution in [1.29, 1.82) is 0 Å². The normalized spacial score (nSPS) is 14.6. The number of sulfone groups is 1. The molecule has 0 aromatic carbocycles. The Bertz CT molecular complexity index is 962. The van der Waals surface area contributed by atoms with Crippen LogP contribution in [0.1, 0.15) is 0 Å². The van der Waals surface area contributed by atoms with Gasteiger partial charge in [-0.15, -0.1) is 3.71 Å². The summed E-state index contributed by atoms with van der Waals surface area (Å²) in [6.45, 7) is 12.2. The van der Waals surface area contributed by atoms with E-state index in [-0.39, 0.29) is 0 Å². The van der Waals surface area contributed by atoms with Crippen LogP contribution in [0.25, 0.3) is 9.69 Å². The minimum absolute atomic E-state index is 0.496. The Hall–Kier alpha value is -1.80. The fraction of sp³-hybridized carbons (Fsp3) is 0.571. The molecule has 0 radical (unpaired) electrons. The Morgan fingerprint density at radius 1 is 0.885 bits per heavy atom. The number of nitrogens with zero attached hydrogens (tertiary/aromatic N) is 3. The lowest BCUT2D eigenvalue weighted by Gasteiger charge is -2.34. The van der Waals surface area contributed by atoms with Gasteiger partial charge in [0.05, 0.1) is 0 Å². The van der Waals surface area contributed by atoms with E-state index in [0.717, 1.165) is 0 Å². The third-order valence-corrected chi connectivity index (χ3v) is 7.42. The molecule has 0 fully saturated rings. The van der Waals surface area contributed by atoms with E-state index in [2.05, 4.69) is 0 Å². The molecule has 0 heterocycles. The average molecular weight is 451 g/mol.